The van der Waals surface area contributed by atoms with Crippen molar-refractivity contribution in [1.82, 2.24) is 10.2 Å². The Kier molecular flexibility index (Phi) is 7.57. The normalized spacial score (nSPS) is 13.4. The SMILES string of the molecule is CSc1cc(C(=N)N2CCCC2)ccc1C(=O)OCCNC(=O)c1ccc(Cl)s1. The molecule has 2 heterocycles. The van der Waals surface area contributed by atoms with Gasteiger partial charge in [0.05, 0.1) is 21.3 Å². The molecular weight excluding hydrogens is 430 g/mol. The summed E-state index contributed by atoms with van der Waals surface area (Å²) < 4.78 is 5.86. The molecule has 0 saturated carbocycles. The Morgan fingerprint density at radius 3 is 2.69 bits per heavy atom. The van der Waals surface area contributed by atoms with Crippen molar-refractivity contribution in [2.75, 3.05) is 32.5 Å². The number of benzene rings is 1. The number of ether oxygens (including phenoxy) is 1. The van der Waals surface area contributed by atoms with E-state index in [2.05, 4.69) is 10.2 Å². The number of carbonyl (C=O) groups excluding carboxylic acids is 2. The third-order valence-electron chi connectivity index (χ3n) is 4.53. The third-order valence-corrected chi connectivity index (χ3v) is 6.54. The van der Waals surface area contributed by atoms with Crippen LogP contribution in [0.1, 0.15) is 38.4 Å². The second kappa shape index (κ2) is 10.1. The number of thioether (sulfide) groups is 1. The van der Waals surface area contributed by atoms with Gasteiger partial charge in [0.25, 0.3) is 5.91 Å². The first-order chi connectivity index (χ1) is 14.0. The van der Waals surface area contributed by atoms with E-state index in [1.54, 1.807) is 24.3 Å². The van der Waals surface area contributed by atoms with Gasteiger partial charge in [-0.2, -0.15) is 0 Å². The summed E-state index contributed by atoms with van der Waals surface area (Å²) in [7, 11) is 0. The van der Waals surface area contributed by atoms with E-state index in [1.165, 1.54) is 23.1 Å². The number of rotatable bonds is 7. The predicted molar refractivity (Wildman–Crippen MR) is 118 cm³/mol. The average Bonchev–Trinajstić information content (AvgIpc) is 3.41. The van der Waals surface area contributed by atoms with Crippen LogP contribution in [0, 0.1) is 5.41 Å². The molecule has 1 fully saturated rings. The Morgan fingerprint density at radius 2 is 2.03 bits per heavy atom. The molecule has 1 aliphatic rings. The summed E-state index contributed by atoms with van der Waals surface area (Å²) in [5.74, 6) is -0.191. The molecule has 0 atom stereocenters. The molecule has 1 aliphatic heterocycles. The number of carbonyl (C=O) groups is 2. The molecule has 0 spiro atoms. The molecule has 9 heteroatoms. The summed E-state index contributed by atoms with van der Waals surface area (Å²) >= 11 is 8.46. The molecule has 1 aromatic carbocycles. The third kappa shape index (κ3) is 5.52. The van der Waals surface area contributed by atoms with Crippen LogP contribution in [-0.4, -0.2) is 55.1 Å². The van der Waals surface area contributed by atoms with Gasteiger partial charge >= 0.3 is 5.97 Å². The van der Waals surface area contributed by atoms with Crippen molar-refractivity contribution >= 4 is 52.4 Å². The maximum atomic E-state index is 12.5. The van der Waals surface area contributed by atoms with E-state index in [9.17, 15) is 9.59 Å². The molecule has 0 radical (unpaired) electrons. The first kappa shape index (κ1) is 21.7. The highest BCUT2D eigenvalue weighted by Gasteiger charge is 2.19. The molecule has 29 heavy (non-hydrogen) atoms. The van der Waals surface area contributed by atoms with Crippen molar-refractivity contribution in [1.29, 1.82) is 5.41 Å². The molecule has 3 rings (SSSR count). The topological polar surface area (TPSA) is 82.5 Å². The average molecular weight is 452 g/mol. The van der Waals surface area contributed by atoms with Crippen LogP contribution < -0.4 is 5.32 Å². The number of amidine groups is 1. The molecule has 1 aromatic heterocycles. The number of hydrogen-bond acceptors (Lipinski definition) is 6. The second-order valence-corrected chi connectivity index (χ2v) is 9.02. The quantitative estimate of drug-likeness (QED) is 0.217. The van der Waals surface area contributed by atoms with Crippen molar-refractivity contribution in [3.05, 3.63) is 50.7 Å². The Bertz CT molecular complexity index is 910. The standard InChI is InChI=1S/C20H22ClN3O3S2/c1-28-16-12-13(18(22)24-9-2-3-10-24)4-5-14(16)20(26)27-11-8-23-19(25)15-6-7-17(21)29-15/h4-7,12,22H,2-3,8-11H2,1H3,(H,23,25). The maximum absolute atomic E-state index is 12.5. The largest absolute Gasteiger partial charge is 0.460 e. The molecule has 6 nitrogen and oxygen atoms in total. The van der Waals surface area contributed by atoms with Gasteiger partial charge in [0.1, 0.15) is 12.4 Å². The molecule has 0 unspecified atom stereocenters. The molecule has 2 N–H and O–H groups in total. The fourth-order valence-electron chi connectivity index (χ4n) is 3.04. The fourth-order valence-corrected chi connectivity index (χ4v) is 4.62. The van der Waals surface area contributed by atoms with E-state index >= 15 is 0 Å². The first-order valence-corrected chi connectivity index (χ1v) is 11.6. The van der Waals surface area contributed by atoms with Gasteiger partial charge in [0.2, 0.25) is 0 Å². The summed E-state index contributed by atoms with van der Waals surface area (Å²) in [6, 6.07) is 8.68. The number of halogens is 1. The lowest BCUT2D eigenvalue weighted by Gasteiger charge is -2.19. The molecular formula is C20H22ClN3O3S2. The van der Waals surface area contributed by atoms with Gasteiger partial charge < -0.3 is 15.0 Å². The van der Waals surface area contributed by atoms with E-state index in [4.69, 9.17) is 21.7 Å². The minimum atomic E-state index is -0.443. The molecule has 0 aliphatic carbocycles. The number of nitrogens with one attached hydrogen (secondary N) is 2. The zero-order valence-corrected chi connectivity index (χ0v) is 18.4. The van der Waals surface area contributed by atoms with E-state index in [0.717, 1.165) is 36.4 Å². The van der Waals surface area contributed by atoms with Crippen molar-refractivity contribution in [2.45, 2.75) is 17.7 Å². The Morgan fingerprint density at radius 1 is 1.28 bits per heavy atom. The van der Waals surface area contributed by atoms with Crippen LogP contribution in [0.15, 0.2) is 35.2 Å². The van der Waals surface area contributed by atoms with E-state index in [-0.39, 0.29) is 19.1 Å². The van der Waals surface area contributed by atoms with E-state index in [1.807, 2.05) is 12.3 Å². The summed E-state index contributed by atoms with van der Waals surface area (Å²) in [5, 5.41) is 11.1. The fraction of sp³-hybridized carbons (Fsp3) is 0.350. The number of esters is 1. The molecule has 2 aromatic rings. The highest BCUT2D eigenvalue weighted by Crippen LogP contribution is 2.24. The van der Waals surface area contributed by atoms with E-state index in [0.29, 0.717) is 20.6 Å². The molecule has 1 saturated heterocycles. The number of amides is 1. The van der Waals surface area contributed by atoms with Gasteiger partial charge in [0.15, 0.2) is 0 Å². The van der Waals surface area contributed by atoms with Crippen molar-refractivity contribution in [3.8, 4) is 0 Å². The second-order valence-electron chi connectivity index (χ2n) is 6.45. The first-order valence-electron chi connectivity index (χ1n) is 9.22. The number of likely N-dealkylation sites (tertiary alicyclic amines) is 1. The van der Waals surface area contributed by atoms with Crippen LogP contribution in [0.25, 0.3) is 0 Å². The number of nitrogens with zero attached hydrogens (tertiary/aromatic N) is 1. The highest BCUT2D eigenvalue weighted by molar-refractivity contribution is 7.98. The van der Waals surface area contributed by atoms with Crippen LogP contribution in [0.2, 0.25) is 4.34 Å². The van der Waals surface area contributed by atoms with Crippen LogP contribution >= 0.6 is 34.7 Å². The van der Waals surface area contributed by atoms with Crippen molar-refractivity contribution in [2.24, 2.45) is 0 Å². The summed E-state index contributed by atoms with van der Waals surface area (Å²) in [6.45, 7) is 2.09. The minimum Gasteiger partial charge on any atom is -0.460 e. The minimum absolute atomic E-state index is 0.0723. The van der Waals surface area contributed by atoms with Crippen molar-refractivity contribution in [3.63, 3.8) is 0 Å². The highest BCUT2D eigenvalue weighted by atomic mass is 35.5. The lowest BCUT2D eigenvalue weighted by molar-refractivity contribution is 0.0499. The molecule has 154 valence electrons. The van der Waals surface area contributed by atoms with Gasteiger partial charge in [-0.25, -0.2) is 4.79 Å². The summed E-state index contributed by atoms with van der Waals surface area (Å²) in [4.78, 5) is 27.8. The monoisotopic (exact) mass is 451 g/mol. The van der Waals surface area contributed by atoms with E-state index < -0.39 is 5.97 Å². The van der Waals surface area contributed by atoms with Gasteiger partial charge in [-0.1, -0.05) is 17.7 Å². The lowest BCUT2D eigenvalue weighted by atomic mass is 10.1. The van der Waals surface area contributed by atoms with Crippen LogP contribution in [0.4, 0.5) is 0 Å². The predicted octanol–water partition coefficient (Wildman–Crippen LogP) is 4.13. The lowest BCUT2D eigenvalue weighted by Crippen LogP contribution is -2.28. The Hall–Kier alpha value is -2.03. The van der Waals surface area contributed by atoms with Gasteiger partial charge in [-0.3, -0.25) is 10.2 Å². The number of thiophene rings is 1. The van der Waals surface area contributed by atoms with Crippen LogP contribution in [-0.2, 0) is 4.74 Å². The Labute approximate surface area is 183 Å². The van der Waals surface area contributed by atoms with Crippen molar-refractivity contribution < 1.29 is 14.3 Å². The molecule has 0 bridgehead atoms. The number of hydrogen-bond donors (Lipinski definition) is 2. The summed E-state index contributed by atoms with van der Waals surface area (Å²) in [5.41, 5.74) is 1.27. The Balaban J connectivity index is 1.54. The zero-order valence-electron chi connectivity index (χ0n) is 16.0. The van der Waals surface area contributed by atoms with Gasteiger partial charge in [-0.05, 0) is 43.4 Å². The zero-order chi connectivity index (χ0) is 20.8. The maximum Gasteiger partial charge on any atom is 0.339 e. The van der Waals surface area contributed by atoms with Crippen LogP contribution in [0.5, 0.6) is 0 Å². The molecule has 1 amide bonds. The van der Waals surface area contributed by atoms with Crippen LogP contribution in [0.3, 0.4) is 0 Å². The van der Waals surface area contributed by atoms with Gasteiger partial charge in [0, 0.05) is 23.5 Å². The smallest absolute Gasteiger partial charge is 0.339 e. The van der Waals surface area contributed by atoms with Gasteiger partial charge in [-0.15, -0.1) is 23.1 Å². The summed E-state index contributed by atoms with van der Waals surface area (Å²) in [6.07, 6.45) is 4.11.